The monoisotopic (exact) mass is 205 g/mol. The van der Waals surface area contributed by atoms with Crippen molar-refractivity contribution in [2.75, 3.05) is 13.1 Å². The third-order valence-corrected chi connectivity index (χ3v) is 3.94. The molecule has 0 amide bonds. The van der Waals surface area contributed by atoms with Gasteiger partial charge in [-0.2, -0.15) is 0 Å². The molecule has 1 aromatic rings. The molecule has 1 N–H and O–H groups in total. The Morgan fingerprint density at radius 1 is 1.07 bits per heavy atom. The predicted octanol–water partition coefficient (Wildman–Crippen LogP) is 2.48. The van der Waals surface area contributed by atoms with Crippen LogP contribution in [0.25, 0.3) is 0 Å². The number of fused-ring (bicyclic) bond motifs is 1. The maximum atomic E-state index is 14.7. The average Bonchev–Trinajstić information content (AvgIpc) is 2.78. The zero-order chi connectivity index (χ0) is 10.3. The van der Waals surface area contributed by atoms with Gasteiger partial charge in [0.05, 0.1) is 0 Å². The fraction of sp³-hybridized carbons (Fsp3) is 0.538. The van der Waals surface area contributed by atoms with Gasteiger partial charge >= 0.3 is 0 Å². The summed E-state index contributed by atoms with van der Waals surface area (Å²) in [4.78, 5) is 0. The molecule has 1 aliphatic heterocycles. The highest BCUT2D eigenvalue weighted by Crippen LogP contribution is 2.49. The third kappa shape index (κ3) is 1.48. The minimum Gasteiger partial charge on any atom is -0.316 e. The van der Waals surface area contributed by atoms with Gasteiger partial charge in [-0.1, -0.05) is 30.3 Å². The Morgan fingerprint density at radius 3 is 2.27 bits per heavy atom. The highest BCUT2D eigenvalue weighted by atomic mass is 19.1. The molecule has 15 heavy (non-hydrogen) atoms. The van der Waals surface area contributed by atoms with Crippen LogP contribution in [0.1, 0.15) is 18.4 Å². The van der Waals surface area contributed by atoms with Gasteiger partial charge in [0.25, 0.3) is 0 Å². The summed E-state index contributed by atoms with van der Waals surface area (Å²) in [6, 6.07) is 9.67. The molecule has 1 saturated heterocycles. The van der Waals surface area contributed by atoms with Crippen LogP contribution in [0.2, 0.25) is 0 Å². The van der Waals surface area contributed by atoms with Crippen molar-refractivity contribution in [2.45, 2.75) is 18.5 Å². The lowest BCUT2D eigenvalue weighted by atomic mass is 9.92. The number of alkyl halides is 1. The molecule has 2 aliphatic rings. The van der Waals surface area contributed by atoms with Crippen molar-refractivity contribution < 1.29 is 4.39 Å². The Hall–Kier alpha value is -0.890. The third-order valence-electron chi connectivity index (χ3n) is 3.94. The molecule has 3 rings (SSSR count). The summed E-state index contributed by atoms with van der Waals surface area (Å²) in [6.45, 7) is 2.01. The number of halogens is 1. The molecule has 0 radical (unpaired) electrons. The number of benzene rings is 1. The maximum Gasteiger partial charge on any atom is 0.136 e. The van der Waals surface area contributed by atoms with E-state index in [9.17, 15) is 4.39 Å². The van der Waals surface area contributed by atoms with E-state index in [1.807, 2.05) is 30.3 Å². The summed E-state index contributed by atoms with van der Waals surface area (Å²) in [5.74, 6) is 1.10. The number of nitrogens with one attached hydrogen (secondary N) is 1. The van der Waals surface area contributed by atoms with Crippen molar-refractivity contribution in [3.05, 3.63) is 35.9 Å². The quantitative estimate of drug-likeness (QED) is 0.742. The second kappa shape index (κ2) is 3.31. The lowest BCUT2D eigenvalue weighted by Crippen LogP contribution is -2.21. The van der Waals surface area contributed by atoms with Crippen LogP contribution in [0.4, 0.5) is 4.39 Å². The Bertz CT molecular complexity index is 337. The zero-order valence-electron chi connectivity index (χ0n) is 8.75. The molecular formula is C13H16FN. The molecule has 2 heteroatoms. The van der Waals surface area contributed by atoms with Gasteiger partial charge in [0, 0.05) is 0 Å². The Labute approximate surface area is 89.7 Å². The van der Waals surface area contributed by atoms with E-state index in [1.54, 1.807) is 0 Å². The van der Waals surface area contributed by atoms with E-state index in [0.717, 1.165) is 18.7 Å². The van der Waals surface area contributed by atoms with Crippen LogP contribution in [0.15, 0.2) is 30.3 Å². The molecule has 0 spiro atoms. The molecule has 0 bridgehead atoms. The molecule has 2 atom stereocenters. The summed E-state index contributed by atoms with van der Waals surface area (Å²) in [5.41, 5.74) is -0.182. The van der Waals surface area contributed by atoms with Crippen molar-refractivity contribution in [3.63, 3.8) is 0 Å². The van der Waals surface area contributed by atoms with E-state index >= 15 is 0 Å². The number of rotatable bonds is 1. The lowest BCUT2D eigenvalue weighted by Gasteiger charge is -2.21. The molecular weight excluding hydrogens is 189 g/mol. The van der Waals surface area contributed by atoms with E-state index in [-0.39, 0.29) is 0 Å². The van der Waals surface area contributed by atoms with Gasteiger partial charge in [-0.3, -0.25) is 0 Å². The van der Waals surface area contributed by atoms with Gasteiger partial charge in [-0.15, -0.1) is 0 Å². The van der Waals surface area contributed by atoms with E-state index in [1.165, 1.54) is 0 Å². The van der Waals surface area contributed by atoms with E-state index < -0.39 is 5.67 Å². The molecule has 80 valence electrons. The fourth-order valence-corrected chi connectivity index (χ4v) is 3.15. The summed E-state index contributed by atoms with van der Waals surface area (Å²) in [5, 5.41) is 3.35. The first-order valence-corrected chi connectivity index (χ1v) is 5.73. The van der Waals surface area contributed by atoms with Gasteiger partial charge in [0.1, 0.15) is 5.67 Å². The first-order valence-electron chi connectivity index (χ1n) is 5.73. The van der Waals surface area contributed by atoms with Crippen LogP contribution in [0.5, 0.6) is 0 Å². The molecule has 2 fully saturated rings. The molecule has 2 unspecified atom stereocenters. The SMILES string of the molecule is FC1(c2ccccc2)CC2CNCC2C1. The minimum absolute atomic E-state index is 0.551. The first kappa shape index (κ1) is 9.34. The van der Waals surface area contributed by atoms with Crippen molar-refractivity contribution in [2.24, 2.45) is 11.8 Å². The van der Waals surface area contributed by atoms with Gasteiger partial charge in [0.15, 0.2) is 0 Å². The molecule has 1 nitrogen and oxygen atoms in total. The number of hydrogen-bond acceptors (Lipinski definition) is 1. The molecule has 1 aliphatic carbocycles. The van der Waals surface area contributed by atoms with Crippen LogP contribution in [-0.2, 0) is 5.67 Å². The predicted molar refractivity (Wildman–Crippen MR) is 58.3 cm³/mol. The fourth-order valence-electron chi connectivity index (χ4n) is 3.15. The Balaban J connectivity index is 1.87. The van der Waals surface area contributed by atoms with Gasteiger partial charge in [0.2, 0.25) is 0 Å². The van der Waals surface area contributed by atoms with E-state index in [4.69, 9.17) is 0 Å². The van der Waals surface area contributed by atoms with Gasteiger partial charge in [-0.25, -0.2) is 4.39 Å². The minimum atomic E-state index is -1.06. The van der Waals surface area contributed by atoms with Crippen LogP contribution in [0, 0.1) is 11.8 Å². The Morgan fingerprint density at radius 2 is 1.67 bits per heavy atom. The molecule has 1 saturated carbocycles. The topological polar surface area (TPSA) is 12.0 Å². The van der Waals surface area contributed by atoms with Gasteiger partial charge < -0.3 is 5.32 Å². The second-order valence-corrected chi connectivity index (χ2v) is 4.92. The highest BCUT2D eigenvalue weighted by molar-refractivity contribution is 5.25. The molecule has 0 aromatic heterocycles. The summed E-state index contributed by atoms with van der Waals surface area (Å²) < 4.78 is 14.7. The number of hydrogen-bond donors (Lipinski definition) is 1. The smallest absolute Gasteiger partial charge is 0.136 e. The van der Waals surface area contributed by atoms with Crippen molar-refractivity contribution in [1.82, 2.24) is 5.32 Å². The standard InChI is InChI=1S/C13H16FN/c14-13(12-4-2-1-3-5-12)6-10-8-15-9-11(10)7-13/h1-5,10-11,15H,6-9H2. The Kier molecular flexibility index (Phi) is 2.06. The summed E-state index contributed by atoms with van der Waals surface area (Å²) in [7, 11) is 0. The van der Waals surface area contributed by atoms with Crippen LogP contribution in [-0.4, -0.2) is 13.1 Å². The van der Waals surface area contributed by atoms with E-state index in [0.29, 0.717) is 24.7 Å². The lowest BCUT2D eigenvalue weighted by molar-refractivity contribution is 0.161. The first-order chi connectivity index (χ1) is 7.28. The largest absolute Gasteiger partial charge is 0.316 e. The van der Waals surface area contributed by atoms with Crippen molar-refractivity contribution in [1.29, 1.82) is 0 Å². The van der Waals surface area contributed by atoms with Crippen molar-refractivity contribution in [3.8, 4) is 0 Å². The zero-order valence-corrected chi connectivity index (χ0v) is 8.75. The molecule has 1 aromatic carbocycles. The van der Waals surface area contributed by atoms with E-state index in [2.05, 4.69) is 5.32 Å². The van der Waals surface area contributed by atoms with Crippen LogP contribution in [0.3, 0.4) is 0 Å². The maximum absolute atomic E-state index is 14.7. The summed E-state index contributed by atoms with van der Waals surface area (Å²) >= 11 is 0. The van der Waals surface area contributed by atoms with Crippen LogP contribution < -0.4 is 5.32 Å². The normalized spacial score (nSPS) is 39.3. The summed E-state index contributed by atoms with van der Waals surface area (Å²) in [6.07, 6.45) is 1.41. The highest BCUT2D eigenvalue weighted by Gasteiger charge is 2.48. The average molecular weight is 205 g/mol. The van der Waals surface area contributed by atoms with Crippen molar-refractivity contribution >= 4 is 0 Å². The molecule has 1 heterocycles. The van der Waals surface area contributed by atoms with Gasteiger partial charge in [-0.05, 0) is 43.3 Å². The second-order valence-electron chi connectivity index (χ2n) is 4.92. The van der Waals surface area contributed by atoms with Crippen LogP contribution >= 0.6 is 0 Å².